The van der Waals surface area contributed by atoms with E-state index in [9.17, 15) is 0 Å². The minimum Gasteiger partial charge on any atom is -0.465 e. The summed E-state index contributed by atoms with van der Waals surface area (Å²) in [4.78, 5) is 0. The molecule has 2 nitrogen and oxygen atoms in total. The fourth-order valence-corrected chi connectivity index (χ4v) is 1.15. The number of rotatable bonds is 5. The van der Waals surface area contributed by atoms with Crippen molar-refractivity contribution in [2.75, 3.05) is 12.3 Å². The van der Waals surface area contributed by atoms with Crippen LogP contribution in [0, 0.1) is 6.92 Å². The highest BCUT2D eigenvalue weighted by Crippen LogP contribution is 2.05. The summed E-state index contributed by atoms with van der Waals surface area (Å²) in [5.41, 5.74) is 0. The molecule has 0 aliphatic rings. The van der Waals surface area contributed by atoms with Crippen LogP contribution in [-0.2, 0) is 6.54 Å². The van der Waals surface area contributed by atoms with Gasteiger partial charge in [-0.1, -0.05) is 0 Å². The zero-order valence-electron chi connectivity index (χ0n) is 7.34. The second-order valence-corrected chi connectivity index (χ2v) is 3.21. The summed E-state index contributed by atoms with van der Waals surface area (Å²) in [6.45, 7) is 3.78. The van der Waals surface area contributed by atoms with Crippen molar-refractivity contribution < 1.29 is 4.42 Å². The molecule has 0 aromatic carbocycles. The molecule has 0 saturated carbocycles. The van der Waals surface area contributed by atoms with Gasteiger partial charge in [0.05, 0.1) is 6.54 Å². The van der Waals surface area contributed by atoms with Gasteiger partial charge in [-0.25, -0.2) is 0 Å². The molecule has 0 bridgehead atoms. The zero-order valence-corrected chi connectivity index (χ0v) is 8.23. The lowest BCUT2D eigenvalue weighted by molar-refractivity contribution is 0.462. The lowest BCUT2D eigenvalue weighted by atomic mass is 10.4. The van der Waals surface area contributed by atoms with Crippen molar-refractivity contribution in [3.63, 3.8) is 0 Å². The first kappa shape index (κ1) is 9.68. The highest BCUT2D eigenvalue weighted by molar-refractivity contribution is 7.80. The normalized spacial score (nSPS) is 10.5. The number of furan rings is 1. The van der Waals surface area contributed by atoms with Gasteiger partial charge in [0, 0.05) is 0 Å². The third kappa shape index (κ3) is 3.32. The molecule has 1 rings (SSSR count). The SMILES string of the molecule is Cc1ccc(CNCCCS)o1. The molecule has 0 aliphatic carbocycles. The Morgan fingerprint density at radius 1 is 1.50 bits per heavy atom. The molecule has 1 heterocycles. The quantitative estimate of drug-likeness (QED) is 0.542. The highest BCUT2D eigenvalue weighted by atomic mass is 32.1. The summed E-state index contributed by atoms with van der Waals surface area (Å²) in [5.74, 6) is 2.91. The minimum atomic E-state index is 0.821. The molecule has 68 valence electrons. The Balaban J connectivity index is 2.15. The largest absolute Gasteiger partial charge is 0.465 e. The summed E-state index contributed by atoms with van der Waals surface area (Å²) in [6.07, 6.45) is 1.10. The standard InChI is InChI=1S/C9H15NOS/c1-8-3-4-9(11-8)7-10-5-2-6-12/h3-4,10,12H,2,5-7H2,1H3. The number of aryl methyl sites for hydroxylation is 1. The molecule has 1 aromatic heterocycles. The van der Waals surface area contributed by atoms with E-state index in [1.54, 1.807) is 0 Å². The van der Waals surface area contributed by atoms with Crippen LogP contribution >= 0.6 is 12.6 Å². The maximum Gasteiger partial charge on any atom is 0.117 e. The second-order valence-electron chi connectivity index (χ2n) is 2.77. The van der Waals surface area contributed by atoms with Crippen LogP contribution in [0.5, 0.6) is 0 Å². The number of thiol groups is 1. The van der Waals surface area contributed by atoms with Gasteiger partial charge in [-0.15, -0.1) is 0 Å². The summed E-state index contributed by atoms with van der Waals surface area (Å²) in [6, 6.07) is 3.98. The van der Waals surface area contributed by atoms with Gasteiger partial charge in [0.15, 0.2) is 0 Å². The van der Waals surface area contributed by atoms with E-state index >= 15 is 0 Å². The molecule has 0 atom stereocenters. The van der Waals surface area contributed by atoms with Crippen LogP contribution in [0.1, 0.15) is 17.9 Å². The molecule has 1 aromatic rings. The van der Waals surface area contributed by atoms with Gasteiger partial charge in [-0.2, -0.15) is 12.6 Å². The maximum absolute atomic E-state index is 5.38. The van der Waals surface area contributed by atoms with Gasteiger partial charge >= 0.3 is 0 Å². The predicted octanol–water partition coefficient (Wildman–Crippen LogP) is 2.00. The second kappa shape index (κ2) is 5.27. The van der Waals surface area contributed by atoms with Crippen LogP contribution in [0.3, 0.4) is 0 Å². The summed E-state index contributed by atoms with van der Waals surface area (Å²) >= 11 is 4.12. The minimum absolute atomic E-state index is 0.821. The lowest BCUT2D eigenvalue weighted by Crippen LogP contribution is -2.14. The number of hydrogen-bond acceptors (Lipinski definition) is 3. The number of nitrogens with one attached hydrogen (secondary N) is 1. The first-order chi connectivity index (χ1) is 5.83. The van der Waals surface area contributed by atoms with E-state index in [0.717, 1.165) is 36.8 Å². The van der Waals surface area contributed by atoms with Crippen LogP contribution in [-0.4, -0.2) is 12.3 Å². The maximum atomic E-state index is 5.38. The zero-order chi connectivity index (χ0) is 8.81. The molecule has 12 heavy (non-hydrogen) atoms. The van der Waals surface area contributed by atoms with Crippen molar-refractivity contribution in [2.45, 2.75) is 19.9 Å². The molecule has 0 saturated heterocycles. The molecule has 0 unspecified atom stereocenters. The van der Waals surface area contributed by atoms with Gasteiger partial charge in [0.1, 0.15) is 11.5 Å². The molecule has 0 aliphatic heterocycles. The Bertz CT molecular complexity index is 222. The van der Waals surface area contributed by atoms with Gasteiger partial charge in [-0.05, 0) is 37.8 Å². The van der Waals surface area contributed by atoms with E-state index in [2.05, 4.69) is 17.9 Å². The van der Waals surface area contributed by atoms with Crippen LogP contribution in [0.15, 0.2) is 16.5 Å². The molecule has 0 amide bonds. The third-order valence-corrected chi connectivity index (χ3v) is 1.92. The third-order valence-electron chi connectivity index (χ3n) is 1.61. The van der Waals surface area contributed by atoms with Crippen molar-refractivity contribution in [3.8, 4) is 0 Å². The van der Waals surface area contributed by atoms with E-state index in [1.165, 1.54) is 0 Å². The van der Waals surface area contributed by atoms with Crippen LogP contribution in [0.2, 0.25) is 0 Å². The smallest absolute Gasteiger partial charge is 0.117 e. The molecule has 1 N–H and O–H groups in total. The lowest BCUT2D eigenvalue weighted by Gasteiger charge is -1.99. The van der Waals surface area contributed by atoms with Crippen molar-refractivity contribution in [1.82, 2.24) is 5.32 Å². The van der Waals surface area contributed by atoms with Crippen LogP contribution < -0.4 is 5.32 Å². The van der Waals surface area contributed by atoms with Crippen LogP contribution in [0.25, 0.3) is 0 Å². The van der Waals surface area contributed by atoms with Crippen molar-refractivity contribution >= 4 is 12.6 Å². The van der Waals surface area contributed by atoms with E-state index < -0.39 is 0 Å². The fraction of sp³-hybridized carbons (Fsp3) is 0.556. The molecule has 0 spiro atoms. The fourth-order valence-electron chi connectivity index (χ4n) is 0.996. The first-order valence-electron chi connectivity index (χ1n) is 4.20. The highest BCUT2D eigenvalue weighted by Gasteiger charge is 1.96. The van der Waals surface area contributed by atoms with E-state index in [4.69, 9.17) is 4.42 Å². The Hall–Kier alpha value is -0.410. The van der Waals surface area contributed by atoms with Crippen LogP contribution in [0.4, 0.5) is 0 Å². The Morgan fingerprint density at radius 2 is 2.33 bits per heavy atom. The van der Waals surface area contributed by atoms with E-state index in [-0.39, 0.29) is 0 Å². The monoisotopic (exact) mass is 185 g/mol. The van der Waals surface area contributed by atoms with Crippen molar-refractivity contribution in [1.29, 1.82) is 0 Å². The van der Waals surface area contributed by atoms with Crippen molar-refractivity contribution in [3.05, 3.63) is 23.7 Å². The van der Waals surface area contributed by atoms with Crippen molar-refractivity contribution in [2.24, 2.45) is 0 Å². The average Bonchev–Trinajstić information content (AvgIpc) is 2.45. The topological polar surface area (TPSA) is 25.2 Å². The number of hydrogen-bond donors (Lipinski definition) is 2. The average molecular weight is 185 g/mol. The molecular formula is C9H15NOS. The van der Waals surface area contributed by atoms with Gasteiger partial charge in [0.25, 0.3) is 0 Å². The van der Waals surface area contributed by atoms with E-state index in [1.807, 2.05) is 19.1 Å². The predicted molar refractivity (Wildman–Crippen MR) is 53.6 cm³/mol. The Morgan fingerprint density at radius 3 is 2.92 bits per heavy atom. The molecular weight excluding hydrogens is 170 g/mol. The van der Waals surface area contributed by atoms with Gasteiger partial charge < -0.3 is 9.73 Å². The summed E-state index contributed by atoms with van der Waals surface area (Å²) < 4.78 is 5.38. The van der Waals surface area contributed by atoms with E-state index in [0.29, 0.717) is 0 Å². The molecule has 3 heteroatoms. The molecule has 0 radical (unpaired) electrons. The summed E-state index contributed by atoms with van der Waals surface area (Å²) in [5, 5.41) is 3.27. The first-order valence-corrected chi connectivity index (χ1v) is 4.83. The Labute approximate surface area is 78.8 Å². The Kier molecular flexibility index (Phi) is 4.25. The van der Waals surface area contributed by atoms with Gasteiger partial charge in [0.2, 0.25) is 0 Å². The van der Waals surface area contributed by atoms with Gasteiger partial charge in [-0.3, -0.25) is 0 Å². The summed E-state index contributed by atoms with van der Waals surface area (Å²) in [7, 11) is 0. The molecule has 0 fully saturated rings.